The minimum absolute atomic E-state index is 0.400. The van der Waals surface area contributed by atoms with Gasteiger partial charge in [0.1, 0.15) is 6.04 Å². The van der Waals surface area contributed by atoms with E-state index in [9.17, 15) is 14.4 Å². The monoisotopic (exact) mass is 351 g/mol. The maximum atomic E-state index is 12.0. The molecule has 0 heterocycles. The molecule has 1 atom stereocenters. The Balaban J connectivity index is 1.80. The minimum Gasteiger partial charge on any atom is -0.454 e. The summed E-state index contributed by atoms with van der Waals surface area (Å²) in [4.78, 5) is 35.7. The number of hydrogen-bond acceptors (Lipinski definition) is 5. The number of nitrogens with zero attached hydrogens (tertiary/aromatic N) is 1. The number of nitrogens with one attached hydrogen (secondary N) is 2. The van der Waals surface area contributed by atoms with Crippen molar-refractivity contribution >= 4 is 23.5 Å². The van der Waals surface area contributed by atoms with Gasteiger partial charge in [-0.1, -0.05) is 24.3 Å². The Morgan fingerprint density at radius 3 is 2.54 bits per heavy atom. The summed E-state index contributed by atoms with van der Waals surface area (Å²) in [6, 6.07) is 15.8. The molecule has 0 spiro atoms. The summed E-state index contributed by atoms with van der Waals surface area (Å²) >= 11 is 0. The van der Waals surface area contributed by atoms with Crippen LogP contribution in [-0.4, -0.2) is 30.4 Å². The summed E-state index contributed by atoms with van der Waals surface area (Å²) in [6.07, 6.45) is 0. The van der Waals surface area contributed by atoms with E-state index in [2.05, 4.69) is 10.6 Å². The molecule has 0 aliphatic rings. The summed E-state index contributed by atoms with van der Waals surface area (Å²) < 4.78 is 4.90. The van der Waals surface area contributed by atoms with Crippen molar-refractivity contribution in [1.82, 2.24) is 5.32 Å². The first-order chi connectivity index (χ1) is 12.5. The number of anilines is 1. The molecule has 2 amide bonds. The molecule has 2 aromatic rings. The highest BCUT2D eigenvalue weighted by Crippen LogP contribution is 2.09. The maximum absolute atomic E-state index is 12.0. The van der Waals surface area contributed by atoms with Crippen LogP contribution in [0.15, 0.2) is 54.6 Å². The molecule has 0 aromatic heterocycles. The Labute approximate surface area is 150 Å². The van der Waals surface area contributed by atoms with Crippen molar-refractivity contribution in [1.29, 1.82) is 5.26 Å². The van der Waals surface area contributed by atoms with E-state index in [1.165, 1.54) is 13.0 Å². The van der Waals surface area contributed by atoms with Crippen LogP contribution in [-0.2, 0) is 14.3 Å². The lowest BCUT2D eigenvalue weighted by Crippen LogP contribution is -2.40. The van der Waals surface area contributed by atoms with Gasteiger partial charge < -0.3 is 15.4 Å². The quantitative estimate of drug-likeness (QED) is 0.772. The van der Waals surface area contributed by atoms with Gasteiger partial charge >= 0.3 is 5.97 Å². The Morgan fingerprint density at radius 2 is 1.85 bits per heavy atom. The molecule has 0 bridgehead atoms. The molecular weight excluding hydrogens is 334 g/mol. The van der Waals surface area contributed by atoms with E-state index in [1.807, 2.05) is 6.07 Å². The van der Waals surface area contributed by atoms with Gasteiger partial charge in [0.2, 0.25) is 0 Å². The number of hydrogen-bond donors (Lipinski definition) is 2. The van der Waals surface area contributed by atoms with Crippen molar-refractivity contribution in [3.8, 4) is 6.07 Å². The van der Waals surface area contributed by atoms with Crippen LogP contribution in [0.25, 0.3) is 0 Å². The van der Waals surface area contributed by atoms with Crippen molar-refractivity contribution in [3.05, 3.63) is 65.7 Å². The van der Waals surface area contributed by atoms with E-state index in [1.54, 1.807) is 48.5 Å². The number of amides is 2. The highest BCUT2D eigenvalue weighted by molar-refractivity contribution is 5.97. The fourth-order valence-electron chi connectivity index (χ4n) is 2.05. The van der Waals surface area contributed by atoms with Crippen LogP contribution in [0.3, 0.4) is 0 Å². The number of carbonyl (C=O) groups is 3. The van der Waals surface area contributed by atoms with E-state index < -0.39 is 30.4 Å². The van der Waals surface area contributed by atoms with Gasteiger partial charge in [0.05, 0.1) is 11.6 Å². The number of ether oxygens (including phenoxy) is 1. The smallest absolute Gasteiger partial charge is 0.328 e. The van der Waals surface area contributed by atoms with Crippen LogP contribution in [0.5, 0.6) is 0 Å². The minimum atomic E-state index is -0.905. The third-order valence-corrected chi connectivity index (χ3v) is 3.36. The van der Waals surface area contributed by atoms with Crippen LogP contribution in [0.1, 0.15) is 22.8 Å². The second kappa shape index (κ2) is 8.99. The summed E-state index contributed by atoms with van der Waals surface area (Å²) in [5.41, 5.74) is 1.25. The first-order valence-electron chi connectivity index (χ1n) is 7.82. The summed E-state index contributed by atoms with van der Waals surface area (Å²) in [6.45, 7) is 0.971. The average Bonchev–Trinajstić information content (AvgIpc) is 2.66. The normalized spacial score (nSPS) is 10.9. The van der Waals surface area contributed by atoms with E-state index in [0.29, 0.717) is 16.8 Å². The summed E-state index contributed by atoms with van der Waals surface area (Å²) in [7, 11) is 0. The zero-order valence-corrected chi connectivity index (χ0v) is 14.1. The molecule has 0 unspecified atom stereocenters. The molecule has 2 rings (SSSR count). The Bertz CT molecular complexity index is 843. The highest BCUT2D eigenvalue weighted by atomic mass is 16.5. The van der Waals surface area contributed by atoms with Gasteiger partial charge in [0.15, 0.2) is 6.61 Å². The largest absolute Gasteiger partial charge is 0.454 e. The first-order valence-corrected chi connectivity index (χ1v) is 7.82. The summed E-state index contributed by atoms with van der Waals surface area (Å²) in [5, 5.41) is 13.8. The molecule has 2 N–H and O–H groups in total. The second-order valence-electron chi connectivity index (χ2n) is 5.41. The average molecular weight is 351 g/mol. The van der Waals surface area contributed by atoms with Crippen molar-refractivity contribution < 1.29 is 19.1 Å². The summed E-state index contributed by atoms with van der Waals surface area (Å²) in [5.74, 6) is -1.68. The van der Waals surface area contributed by atoms with Crippen LogP contribution in [0.2, 0.25) is 0 Å². The molecule has 0 saturated heterocycles. The van der Waals surface area contributed by atoms with Gasteiger partial charge in [-0.25, -0.2) is 4.79 Å². The Morgan fingerprint density at radius 1 is 1.12 bits per heavy atom. The van der Waals surface area contributed by atoms with Crippen LogP contribution < -0.4 is 10.6 Å². The molecule has 7 nitrogen and oxygen atoms in total. The molecule has 132 valence electrons. The van der Waals surface area contributed by atoms with Crippen molar-refractivity contribution in [2.75, 3.05) is 11.9 Å². The van der Waals surface area contributed by atoms with Gasteiger partial charge in [-0.3, -0.25) is 9.59 Å². The van der Waals surface area contributed by atoms with Gasteiger partial charge in [-0.15, -0.1) is 0 Å². The lowest BCUT2D eigenvalue weighted by molar-refractivity contribution is -0.148. The third-order valence-electron chi connectivity index (χ3n) is 3.36. The molecule has 0 aliphatic carbocycles. The Hall–Kier alpha value is -3.66. The van der Waals surface area contributed by atoms with Crippen molar-refractivity contribution in [3.63, 3.8) is 0 Å². The SMILES string of the molecule is C[C@H](NC(=O)c1ccccc1)C(=O)OCC(=O)Nc1cccc(C#N)c1. The van der Waals surface area contributed by atoms with Crippen LogP contribution in [0.4, 0.5) is 5.69 Å². The van der Waals surface area contributed by atoms with Crippen molar-refractivity contribution in [2.24, 2.45) is 0 Å². The maximum Gasteiger partial charge on any atom is 0.328 e. The standard InChI is InChI=1S/C19H17N3O4/c1-13(21-18(24)15-7-3-2-4-8-15)19(25)26-12-17(23)22-16-9-5-6-14(10-16)11-20/h2-10,13H,12H2,1H3,(H,21,24)(H,22,23)/t13-/m0/s1. The number of rotatable bonds is 6. The zero-order valence-electron chi connectivity index (χ0n) is 14.1. The molecule has 0 radical (unpaired) electrons. The number of benzene rings is 2. The van der Waals surface area contributed by atoms with Crippen molar-refractivity contribution in [2.45, 2.75) is 13.0 Å². The topological polar surface area (TPSA) is 108 Å². The van der Waals surface area contributed by atoms with E-state index in [0.717, 1.165) is 0 Å². The van der Waals surface area contributed by atoms with Crippen LogP contribution >= 0.6 is 0 Å². The molecule has 2 aromatic carbocycles. The fraction of sp³-hybridized carbons (Fsp3) is 0.158. The lowest BCUT2D eigenvalue weighted by Gasteiger charge is -2.13. The number of nitriles is 1. The van der Waals surface area contributed by atoms with Crippen LogP contribution in [0, 0.1) is 11.3 Å². The van der Waals surface area contributed by atoms with E-state index >= 15 is 0 Å². The number of esters is 1. The molecule has 0 saturated carbocycles. The number of carbonyl (C=O) groups excluding carboxylic acids is 3. The third kappa shape index (κ3) is 5.46. The molecule has 0 fully saturated rings. The molecular formula is C19H17N3O4. The zero-order chi connectivity index (χ0) is 18.9. The van der Waals surface area contributed by atoms with E-state index in [-0.39, 0.29) is 0 Å². The predicted molar refractivity (Wildman–Crippen MR) is 94.1 cm³/mol. The van der Waals surface area contributed by atoms with E-state index in [4.69, 9.17) is 10.00 Å². The highest BCUT2D eigenvalue weighted by Gasteiger charge is 2.19. The first kappa shape index (κ1) is 18.7. The predicted octanol–water partition coefficient (Wildman–Crippen LogP) is 1.86. The molecule has 26 heavy (non-hydrogen) atoms. The fourth-order valence-corrected chi connectivity index (χ4v) is 2.05. The molecule has 7 heteroatoms. The van der Waals surface area contributed by atoms with Gasteiger partial charge in [-0.05, 0) is 37.3 Å². The Kier molecular flexibility index (Phi) is 6.46. The van der Waals surface area contributed by atoms with Gasteiger partial charge in [0, 0.05) is 11.3 Å². The molecule has 0 aliphatic heterocycles. The van der Waals surface area contributed by atoms with Gasteiger partial charge in [-0.2, -0.15) is 5.26 Å². The van der Waals surface area contributed by atoms with Gasteiger partial charge in [0.25, 0.3) is 11.8 Å². The second-order valence-corrected chi connectivity index (χ2v) is 5.41. The lowest BCUT2D eigenvalue weighted by atomic mass is 10.2.